The predicted octanol–water partition coefficient (Wildman–Crippen LogP) is -0.155. The van der Waals surface area contributed by atoms with E-state index in [9.17, 15) is 4.79 Å². The number of aryl methyl sites for hydroxylation is 1. The molecule has 14 heavy (non-hydrogen) atoms. The lowest BCUT2D eigenvalue weighted by atomic mass is 10.2. The Kier molecular flexibility index (Phi) is 4.07. The summed E-state index contributed by atoms with van der Waals surface area (Å²) in [5.74, 6) is -0.415. The minimum atomic E-state index is -0.415. The summed E-state index contributed by atoms with van der Waals surface area (Å²) in [6.45, 7) is 0.998. The van der Waals surface area contributed by atoms with Crippen LogP contribution in [0.1, 0.15) is 23.2 Å². The van der Waals surface area contributed by atoms with Gasteiger partial charge in [-0.2, -0.15) is 0 Å². The first-order valence-corrected chi connectivity index (χ1v) is 4.64. The molecule has 0 fully saturated rings. The molecule has 4 nitrogen and oxygen atoms in total. The van der Waals surface area contributed by atoms with Gasteiger partial charge < -0.3 is 10.8 Å². The van der Waals surface area contributed by atoms with E-state index in [1.165, 1.54) is 0 Å². The van der Waals surface area contributed by atoms with Crippen molar-refractivity contribution in [3.05, 3.63) is 30.1 Å². The third-order valence-electron chi connectivity index (χ3n) is 1.97. The number of aliphatic hydroxyl groups excluding tert-OH is 1. The number of amides is 1. The lowest BCUT2D eigenvalue weighted by molar-refractivity contribution is -0.697. The fraction of sp³-hybridized carbons (Fsp3) is 0.400. The number of rotatable bonds is 5. The van der Waals surface area contributed by atoms with Gasteiger partial charge in [-0.25, -0.2) is 4.57 Å². The van der Waals surface area contributed by atoms with Crippen molar-refractivity contribution in [1.29, 1.82) is 0 Å². The molecule has 0 aliphatic rings. The molecule has 0 atom stereocenters. The maximum absolute atomic E-state index is 10.9. The molecule has 1 aromatic heterocycles. The van der Waals surface area contributed by atoms with E-state index in [1.807, 2.05) is 10.8 Å². The highest BCUT2D eigenvalue weighted by Crippen LogP contribution is 1.93. The van der Waals surface area contributed by atoms with Crippen LogP contribution in [-0.4, -0.2) is 17.6 Å². The Bertz CT molecular complexity index is 313. The second kappa shape index (κ2) is 5.34. The number of carbonyl (C=O) groups excluding carboxylic acids is 1. The van der Waals surface area contributed by atoms with Crippen molar-refractivity contribution < 1.29 is 14.5 Å². The number of unbranched alkanes of at least 4 members (excludes halogenated alkanes) is 1. The van der Waals surface area contributed by atoms with E-state index in [0.29, 0.717) is 5.56 Å². The summed E-state index contributed by atoms with van der Waals surface area (Å²) in [6.07, 6.45) is 5.26. The zero-order chi connectivity index (χ0) is 10.4. The van der Waals surface area contributed by atoms with E-state index in [1.54, 1.807) is 18.3 Å². The fourth-order valence-electron chi connectivity index (χ4n) is 1.21. The van der Waals surface area contributed by atoms with E-state index in [-0.39, 0.29) is 6.61 Å². The maximum atomic E-state index is 10.9. The molecule has 0 saturated heterocycles. The average Bonchev–Trinajstić information content (AvgIpc) is 2.19. The van der Waals surface area contributed by atoms with E-state index in [4.69, 9.17) is 10.8 Å². The van der Waals surface area contributed by atoms with Crippen molar-refractivity contribution >= 4 is 5.91 Å². The number of nitrogens with two attached hydrogens (primary N) is 1. The van der Waals surface area contributed by atoms with Gasteiger partial charge in [0, 0.05) is 19.1 Å². The third-order valence-corrected chi connectivity index (χ3v) is 1.97. The van der Waals surface area contributed by atoms with Crippen molar-refractivity contribution in [2.75, 3.05) is 6.61 Å². The summed E-state index contributed by atoms with van der Waals surface area (Å²) in [5.41, 5.74) is 5.66. The van der Waals surface area contributed by atoms with E-state index in [2.05, 4.69) is 0 Å². The Morgan fingerprint density at radius 1 is 1.50 bits per heavy atom. The molecule has 0 aromatic carbocycles. The van der Waals surface area contributed by atoms with Crippen LogP contribution in [0.3, 0.4) is 0 Å². The summed E-state index contributed by atoms with van der Waals surface area (Å²) >= 11 is 0. The van der Waals surface area contributed by atoms with Crippen molar-refractivity contribution in [1.82, 2.24) is 0 Å². The van der Waals surface area contributed by atoms with Crippen LogP contribution in [0.25, 0.3) is 0 Å². The Balaban J connectivity index is 2.59. The van der Waals surface area contributed by atoms with Gasteiger partial charge in [-0.15, -0.1) is 0 Å². The molecule has 4 heteroatoms. The van der Waals surface area contributed by atoms with Crippen LogP contribution in [0.2, 0.25) is 0 Å². The van der Waals surface area contributed by atoms with Gasteiger partial charge in [0.2, 0.25) is 0 Å². The molecule has 0 aliphatic heterocycles. The molecule has 0 bridgehead atoms. The number of aliphatic hydroxyl groups is 1. The van der Waals surface area contributed by atoms with Crippen LogP contribution in [0.15, 0.2) is 24.5 Å². The van der Waals surface area contributed by atoms with Gasteiger partial charge in [0.15, 0.2) is 12.4 Å². The smallest absolute Gasteiger partial charge is 0.254 e. The average molecular weight is 195 g/mol. The van der Waals surface area contributed by atoms with Crippen LogP contribution < -0.4 is 10.3 Å². The number of nitrogens with zero attached hydrogens (tertiary/aromatic N) is 1. The number of hydrogen-bond donors (Lipinski definition) is 2. The second-order valence-electron chi connectivity index (χ2n) is 3.13. The molecule has 0 aliphatic carbocycles. The largest absolute Gasteiger partial charge is 0.396 e. The van der Waals surface area contributed by atoms with E-state index in [0.717, 1.165) is 19.4 Å². The Hall–Kier alpha value is -1.42. The topological polar surface area (TPSA) is 67.2 Å². The Labute approximate surface area is 83.0 Å². The molecule has 0 unspecified atom stereocenters. The van der Waals surface area contributed by atoms with Gasteiger partial charge in [0.1, 0.15) is 12.1 Å². The number of aromatic nitrogens is 1. The lowest BCUT2D eigenvalue weighted by Crippen LogP contribution is -2.34. The predicted molar refractivity (Wildman–Crippen MR) is 51.5 cm³/mol. The minimum Gasteiger partial charge on any atom is -0.396 e. The number of pyridine rings is 1. The summed E-state index contributed by atoms with van der Waals surface area (Å²) in [4.78, 5) is 10.9. The molecule has 0 saturated carbocycles. The standard InChI is InChI=1S/C10H14N2O2/c11-10(14)9-4-3-6-12(8-9)5-1-2-7-13/h3-4,6,8,13H,1-2,5,7H2,(H-,11,14)/p+1. The SMILES string of the molecule is NC(=O)c1ccc[n+](CCCCO)c1. The van der Waals surface area contributed by atoms with Crippen molar-refractivity contribution in [2.45, 2.75) is 19.4 Å². The van der Waals surface area contributed by atoms with Crippen molar-refractivity contribution in [2.24, 2.45) is 5.73 Å². The highest BCUT2D eigenvalue weighted by Gasteiger charge is 2.06. The summed E-state index contributed by atoms with van der Waals surface area (Å²) in [7, 11) is 0. The molecule has 1 amide bonds. The summed E-state index contributed by atoms with van der Waals surface area (Å²) in [6, 6.07) is 3.48. The monoisotopic (exact) mass is 195 g/mol. The highest BCUT2D eigenvalue weighted by atomic mass is 16.2. The minimum absolute atomic E-state index is 0.204. The number of carbonyl (C=O) groups is 1. The molecule has 0 radical (unpaired) electrons. The van der Waals surface area contributed by atoms with Gasteiger partial charge in [-0.1, -0.05) is 0 Å². The van der Waals surface area contributed by atoms with Crippen LogP contribution in [0.4, 0.5) is 0 Å². The zero-order valence-corrected chi connectivity index (χ0v) is 8.02. The quantitative estimate of drug-likeness (QED) is 0.506. The first-order valence-electron chi connectivity index (χ1n) is 4.64. The summed E-state index contributed by atoms with van der Waals surface area (Å²) < 4.78 is 1.90. The number of primary amides is 1. The van der Waals surface area contributed by atoms with Gasteiger partial charge >= 0.3 is 0 Å². The molecule has 3 N–H and O–H groups in total. The van der Waals surface area contributed by atoms with Gasteiger partial charge in [-0.05, 0) is 12.5 Å². The molecular weight excluding hydrogens is 180 g/mol. The maximum Gasteiger partial charge on any atom is 0.254 e. The first-order chi connectivity index (χ1) is 6.74. The fourth-order valence-corrected chi connectivity index (χ4v) is 1.21. The Morgan fingerprint density at radius 3 is 2.93 bits per heavy atom. The van der Waals surface area contributed by atoms with Crippen LogP contribution in [-0.2, 0) is 6.54 Å². The normalized spacial score (nSPS) is 10.1. The van der Waals surface area contributed by atoms with Crippen molar-refractivity contribution in [3.63, 3.8) is 0 Å². The Morgan fingerprint density at radius 2 is 2.29 bits per heavy atom. The van der Waals surface area contributed by atoms with Crippen LogP contribution >= 0.6 is 0 Å². The van der Waals surface area contributed by atoms with Gasteiger partial charge in [0.05, 0.1) is 0 Å². The second-order valence-corrected chi connectivity index (χ2v) is 3.13. The molecule has 76 valence electrons. The van der Waals surface area contributed by atoms with E-state index >= 15 is 0 Å². The van der Waals surface area contributed by atoms with Crippen LogP contribution in [0.5, 0.6) is 0 Å². The molecule has 1 rings (SSSR count). The van der Waals surface area contributed by atoms with Gasteiger partial charge in [0.25, 0.3) is 5.91 Å². The van der Waals surface area contributed by atoms with Gasteiger partial charge in [-0.3, -0.25) is 4.79 Å². The molecular formula is C10H15N2O2+. The molecule has 1 aromatic rings. The molecule has 1 heterocycles. The van der Waals surface area contributed by atoms with E-state index < -0.39 is 5.91 Å². The lowest BCUT2D eigenvalue weighted by Gasteiger charge is -1.97. The van der Waals surface area contributed by atoms with Crippen molar-refractivity contribution in [3.8, 4) is 0 Å². The number of hydrogen-bond acceptors (Lipinski definition) is 2. The first kappa shape index (κ1) is 10.7. The summed E-state index contributed by atoms with van der Waals surface area (Å²) in [5, 5.41) is 8.60. The zero-order valence-electron chi connectivity index (χ0n) is 8.02. The van der Waals surface area contributed by atoms with Crippen LogP contribution in [0, 0.1) is 0 Å². The molecule has 0 spiro atoms. The third kappa shape index (κ3) is 3.14. The highest BCUT2D eigenvalue weighted by molar-refractivity contribution is 5.92.